The normalized spacial score (nSPS) is 17.4. The minimum absolute atomic E-state index is 0.229. The molecule has 1 atom stereocenters. The Kier molecular flexibility index (Phi) is 5.26. The van der Waals surface area contributed by atoms with E-state index < -0.39 is 11.6 Å². The standard InChI is InChI=1S/C19H20F2N2O2/c1-2-25-17-6-3-9-22-18(17)19(24)23-10-4-5-13(12-23)15-11-14(20)7-8-16(15)21/h3,6-9,11,13H,2,4-5,10,12H2,1H3. The molecule has 25 heavy (non-hydrogen) atoms. The Bertz CT molecular complexity index is 767. The number of ether oxygens (including phenoxy) is 1. The van der Waals surface area contributed by atoms with Crippen LogP contribution in [0.25, 0.3) is 0 Å². The van der Waals surface area contributed by atoms with Gasteiger partial charge in [0, 0.05) is 25.2 Å². The molecule has 0 bridgehead atoms. The summed E-state index contributed by atoms with van der Waals surface area (Å²) in [6, 6.07) is 6.88. The molecule has 1 fully saturated rings. The van der Waals surface area contributed by atoms with E-state index in [2.05, 4.69) is 4.98 Å². The van der Waals surface area contributed by atoms with Gasteiger partial charge >= 0.3 is 0 Å². The van der Waals surface area contributed by atoms with E-state index in [1.807, 2.05) is 6.92 Å². The highest BCUT2D eigenvalue weighted by molar-refractivity contribution is 5.95. The predicted molar refractivity (Wildman–Crippen MR) is 89.6 cm³/mol. The first-order valence-electron chi connectivity index (χ1n) is 8.42. The van der Waals surface area contributed by atoms with Crippen LogP contribution in [0.4, 0.5) is 8.78 Å². The Morgan fingerprint density at radius 1 is 1.36 bits per heavy atom. The van der Waals surface area contributed by atoms with E-state index in [0.717, 1.165) is 18.6 Å². The monoisotopic (exact) mass is 346 g/mol. The molecule has 1 aromatic carbocycles. The van der Waals surface area contributed by atoms with Gasteiger partial charge in [0.15, 0.2) is 11.4 Å². The molecular formula is C19H20F2N2O2. The van der Waals surface area contributed by atoms with Crippen molar-refractivity contribution in [1.29, 1.82) is 0 Å². The van der Waals surface area contributed by atoms with Crippen molar-refractivity contribution in [2.75, 3.05) is 19.7 Å². The number of carbonyl (C=O) groups excluding carboxylic acids is 1. The summed E-state index contributed by atoms with van der Waals surface area (Å²) in [5.74, 6) is -0.941. The van der Waals surface area contributed by atoms with Crippen LogP contribution in [0.3, 0.4) is 0 Å². The highest BCUT2D eigenvalue weighted by Crippen LogP contribution is 2.30. The average molecular weight is 346 g/mol. The first-order chi connectivity index (χ1) is 12.1. The molecule has 2 heterocycles. The number of hydrogen-bond donors (Lipinski definition) is 0. The van der Waals surface area contributed by atoms with Crippen molar-refractivity contribution in [2.45, 2.75) is 25.7 Å². The van der Waals surface area contributed by atoms with Crippen LogP contribution in [0.15, 0.2) is 36.5 Å². The number of likely N-dealkylation sites (tertiary alicyclic amines) is 1. The number of carbonyl (C=O) groups is 1. The van der Waals surface area contributed by atoms with Crippen LogP contribution in [0.1, 0.15) is 41.7 Å². The molecule has 0 N–H and O–H groups in total. The number of hydrogen-bond acceptors (Lipinski definition) is 3. The molecule has 1 saturated heterocycles. The SMILES string of the molecule is CCOc1cccnc1C(=O)N1CCCC(c2cc(F)ccc2F)C1. The highest BCUT2D eigenvalue weighted by atomic mass is 19.1. The fraction of sp³-hybridized carbons (Fsp3) is 0.368. The quantitative estimate of drug-likeness (QED) is 0.846. The number of piperidine rings is 1. The molecule has 0 radical (unpaired) electrons. The Hall–Kier alpha value is -2.50. The zero-order chi connectivity index (χ0) is 17.8. The molecule has 4 nitrogen and oxygen atoms in total. The van der Waals surface area contributed by atoms with Crippen LogP contribution in [-0.4, -0.2) is 35.5 Å². The number of nitrogens with zero attached hydrogens (tertiary/aromatic N) is 2. The lowest BCUT2D eigenvalue weighted by atomic mass is 9.90. The van der Waals surface area contributed by atoms with Crippen molar-refractivity contribution in [3.63, 3.8) is 0 Å². The van der Waals surface area contributed by atoms with Crippen molar-refractivity contribution in [1.82, 2.24) is 9.88 Å². The van der Waals surface area contributed by atoms with Crippen LogP contribution in [0.2, 0.25) is 0 Å². The van der Waals surface area contributed by atoms with E-state index in [0.29, 0.717) is 37.4 Å². The van der Waals surface area contributed by atoms with E-state index in [1.54, 1.807) is 23.2 Å². The molecule has 1 aromatic heterocycles. The molecule has 1 unspecified atom stereocenters. The molecule has 0 saturated carbocycles. The molecular weight excluding hydrogens is 326 g/mol. The maximum atomic E-state index is 14.1. The molecule has 132 valence electrons. The van der Waals surface area contributed by atoms with Crippen molar-refractivity contribution in [3.8, 4) is 5.75 Å². The third-order valence-electron chi connectivity index (χ3n) is 4.38. The summed E-state index contributed by atoms with van der Waals surface area (Å²) in [6.45, 7) is 3.17. The lowest BCUT2D eigenvalue weighted by molar-refractivity contribution is 0.0695. The number of amides is 1. The summed E-state index contributed by atoms with van der Waals surface area (Å²) in [7, 11) is 0. The van der Waals surface area contributed by atoms with E-state index in [1.165, 1.54) is 6.07 Å². The number of aromatic nitrogens is 1. The molecule has 6 heteroatoms. The zero-order valence-electron chi connectivity index (χ0n) is 14.0. The Balaban J connectivity index is 1.82. The van der Waals surface area contributed by atoms with Gasteiger partial charge in [0.1, 0.15) is 11.6 Å². The molecule has 3 rings (SSSR count). The second-order valence-electron chi connectivity index (χ2n) is 6.04. The second-order valence-corrected chi connectivity index (χ2v) is 6.04. The summed E-state index contributed by atoms with van der Waals surface area (Å²) < 4.78 is 33.0. The Labute approximate surface area is 145 Å². The molecule has 2 aromatic rings. The van der Waals surface area contributed by atoms with E-state index in [4.69, 9.17) is 4.74 Å². The van der Waals surface area contributed by atoms with Crippen molar-refractivity contribution in [2.24, 2.45) is 0 Å². The van der Waals surface area contributed by atoms with Gasteiger partial charge in [-0.1, -0.05) is 0 Å². The summed E-state index contributed by atoms with van der Waals surface area (Å²) in [5, 5.41) is 0. The van der Waals surface area contributed by atoms with Gasteiger partial charge in [-0.25, -0.2) is 13.8 Å². The van der Waals surface area contributed by atoms with Crippen LogP contribution in [0, 0.1) is 11.6 Å². The first kappa shape index (κ1) is 17.3. The van der Waals surface area contributed by atoms with Gasteiger partial charge in [-0.15, -0.1) is 0 Å². The topological polar surface area (TPSA) is 42.4 Å². The van der Waals surface area contributed by atoms with Gasteiger partial charge in [-0.05, 0) is 55.7 Å². The summed E-state index contributed by atoms with van der Waals surface area (Å²) in [5.41, 5.74) is 0.577. The third-order valence-corrected chi connectivity index (χ3v) is 4.38. The molecule has 1 amide bonds. The summed E-state index contributed by atoms with van der Waals surface area (Å²) in [6.07, 6.45) is 2.98. The van der Waals surface area contributed by atoms with Gasteiger partial charge in [-0.3, -0.25) is 4.79 Å². The van der Waals surface area contributed by atoms with Crippen molar-refractivity contribution < 1.29 is 18.3 Å². The van der Waals surface area contributed by atoms with E-state index >= 15 is 0 Å². The minimum atomic E-state index is -0.469. The van der Waals surface area contributed by atoms with Crippen LogP contribution >= 0.6 is 0 Å². The van der Waals surface area contributed by atoms with Crippen LogP contribution in [0.5, 0.6) is 5.75 Å². The van der Waals surface area contributed by atoms with Crippen LogP contribution < -0.4 is 4.74 Å². The maximum Gasteiger partial charge on any atom is 0.276 e. The minimum Gasteiger partial charge on any atom is -0.491 e. The van der Waals surface area contributed by atoms with Crippen molar-refractivity contribution in [3.05, 3.63) is 59.4 Å². The number of pyridine rings is 1. The molecule has 1 aliphatic heterocycles. The van der Waals surface area contributed by atoms with Crippen LogP contribution in [-0.2, 0) is 0 Å². The molecule has 0 aliphatic carbocycles. The molecule has 0 spiro atoms. The zero-order valence-corrected chi connectivity index (χ0v) is 14.0. The van der Waals surface area contributed by atoms with Gasteiger partial charge < -0.3 is 9.64 Å². The fourth-order valence-electron chi connectivity index (χ4n) is 3.22. The Morgan fingerprint density at radius 2 is 2.20 bits per heavy atom. The largest absolute Gasteiger partial charge is 0.491 e. The van der Waals surface area contributed by atoms with E-state index in [9.17, 15) is 13.6 Å². The summed E-state index contributed by atoms with van der Waals surface area (Å²) >= 11 is 0. The second kappa shape index (κ2) is 7.59. The van der Waals surface area contributed by atoms with Gasteiger partial charge in [-0.2, -0.15) is 0 Å². The third kappa shape index (κ3) is 3.78. The smallest absolute Gasteiger partial charge is 0.276 e. The fourth-order valence-corrected chi connectivity index (χ4v) is 3.22. The summed E-state index contributed by atoms with van der Waals surface area (Å²) in [4.78, 5) is 18.6. The van der Waals surface area contributed by atoms with Gasteiger partial charge in [0.2, 0.25) is 0 Å². The number of halogens is 2. The van der Waals surface area contributed by atoms with E-state index in [-0.39, 0.29) is 17.5 Å². The first-order valence-corrected chi connectivity index (χ1v) is 8.42. The van der Waals surface area contributed by atoms with Gasteiger partial charge in [0.05, 0.1) is 6.61 Å². The average Bonchev–Trinajstić information content (AvgIpc) is 2.64. The molecule has 1 aliphatic rings. The lowest BCUT2D eigenvalue weighted by Gasteiger charge is -2.33. The predicted octanol–water partition coefficient (Wildman–Crippen LogP) is 3.78. The maximum absolute atomic E-state index is 14.1. The number of benzene rings is 1. The number of rotatable bonds is 4. The lowest BCUT2D eigenvalue weighted by Crippen LogP contribution is -2.39. The Morgan fingerprint density at radius 3 is 3.00 bits per heavy atom. The van der Waals surface area contributed by atoms with Crippen molar-refractivity contribution >= 4 is 5.91 Å². The highest BCUT2D eigenvalue weighted by Gasteiger charge is 2.29. The van der Waals surface area contributed by atoms with Gasteiger partial charge in [0.25, 0.3) is 5.91 Å².